The van der Waals surface area contributed by atoms with Gasteiger partial charge >= 0.3 is 5.97 Å². The highest BCUT2D eigenvalue weighted by molar-refractivity contribution is 7.79. The van der Waals surface area contributed by atoms with Crippen LogP contribution in [0.2, 0.25) is 0 Å². The molecule has 0 spiro atoms. The maximum atomic E-state index is 10.4. The summed E-state index contributed by atoms with van der Waals surface area (Å²) in [4.78, 5) is 10.8. The van der Waals surface area contributed by atoms with Crippen molar-refractivity contribution >= 4 is 38.9 Å². The first kappa shape index (κ1) is 7.84. The van der Waals surface area contributed by atoms with Gasteiger partial charge in [-0.2, -0.15) is 0 Å². The summed E-state index contributed by atoms with van der Waals surface area (Å²) in [6.07, 6.45) is 0. The molecule has 0 saturated heterocycles. The summed E-state index contributed by atoms with van der Waals surface area (Å²) in [5, 5.41) is 8.55. The van der Waals surface area contributed by atoms with Gasteiger partial charge in [0.15, 0.2) is 0 Å². The van der Waals surface area contributed by atoms with Crippen molar-refractivity contribution in [1.82, 2.24) is 0 Å². The number of aromatic carboxylic acids is 1. The monoisotopic (exact) mass is 192 g/mol. The van der Waals surface area contributed by atoms with Crippen LogP contribution in [0.25, 0.3) is 0 Å². The maximum Gasteiger partial charge on any atom is 0.347 e. The number of hydrogen-bond acceptors (Lipinski definition) is 4. The van der Waals surface area contributed by atoms with E-state index in [0.717, 1.165) is 5.56 Å². The summed E-state index contributed by atoms with van der Waals surface area (Å²) in [5.74, 6) is -0.880. The Balaban J connectivity index is 3.31. The van der Waals surface area contributed by atoms with Crippen molar-refractivity contribution in [1.29, 1.82) is 0 Å². The van der Waals surface area contributed by atoms with E-state index >= 15 is 0 Å². The summed E-state index contributed by atoms with van der Waals surface area (Å²) >= 11 is 4.86. The van der Waals surface area contributed by atoms with Crippen LogP contribution >= 0.6 is 32.9 Å². The second-order valence-electron chi connectivity index (χ2n) is 1.71. The van der Waals surface area contributed by atoms with E-state index in [4.69, 9.17) is 17.3 Å². The second kappa shape index (κ2) is 2.77. The lowest BCUT2D eigenvalue weighted by Crippen LogP contribution is -1.93. The Bertz CT molecular complexity index is 309. The zero-order valence-electron chi connectivity index (χ0n) is 5.08. The average molecular weight is 192 g/mol. The average Bonchev–Trinajstić information content (AvgIpc) is 2.14. The van der Waals surface area contributed by atoms with Crippen molar-refractivity contribution in [3.8, 4) is 0 Å². The minimum atomic E-state index is -0.880. The number of rotatable bonds is 1. The van der Waals surface area contributed by atoms with Crippen LogP contribution < -0.4 is 0 Å². The fraction of sp³-hybridized carbons (Fsp3) is 0.200. The Morgan fingerprint density at radius 2 is 2.20 bits per heavy atom. The van der Waals surface area contributed by atoms with Gasteiger partial charge in [-0.05, 0) is 6.92 Å². The molecule has 0 radical (unpaired) electrons. The molecule has 1 N–H and O–H groups in total. The van der Waals surface area contributed by atoms with E-state index < -0.39 is 5.97 Å². The molecular formula is C5H4O2S3. The highest BCUT2D eigenvalue weighted by Gasteiger charge is 2.09. The van der Waals surface area contributed by atoms with E-state index in [1.165, 1.54) is 20.7 Å². The molecule has 0 aliphatic rings. The van der Waals surface area contributed by atoms with Gasteiger partial charge in [-0.15, -0.1) is 0 Å². The molecule has 1 aromatic rings. The molecule has 0 fully saturated rings. The minimum Gasteiger partial charge on any atom is -0.477 e. The third-order valence-corrected chi connectivity index (χ3v) is 4.35. The van der Waals surface area contributed by atoms with Crippen LogP contribution in [0.3, 0.4) is 0 Å². The van der Waals surface area contributed by atoms with Crippen LogP contribution in [-0.4, -0.2) is 11.1 Å². The molecule has 0 aliphatic carbocycles. The van der Waals surface area contributed by atoms with Crippen molar-refractivity contribution in [2.24, 2.45) is 0 Å². The lowest BCUT2D eigenvalue weighted by atomic mass is 10.3. The molecule has 0 unspecified atom stereocenters. The van der Waals surface area contributed by atoms with Crippen LogP contribution in [0.1, 0.15) is 15.2 Å². The zero-order valence-corrected chi connectivity index (χ0v) is 7.53. The molecule has 10 heavy (non-hydrogen) atoms. The molecule has 0 saturated carbocycles. The molecule has 0 aliphatic heterocycles. The van der Waals surface area contributed by atoms with E-state index in [1.54, 1.807) is 6.92 Å². The predicted molar refractivity (Wildman–Crippen MR) is 44.7 cm³/mol. The molecular weight excluding hydrogens is 188 g/mol. The SMILES string of the molecule is Cc1c(C(=O)O)ssc1=S. The lowest BCUT2D eigenvalue weighted by molar-refractivity contribution is 0.0701. The first-order chi connectivity index (χ1) is 4.63. The van der Waals surface area contributed by atoms with Crippen LogP contribution in [-0.2, 0) is 0 Å². The summed E-state index contributed by atoms with van der Waals surface area (Å²) in [6.45, 7) is 1.73. The van der Waals surface area contributed by atoms with E-state index in [0.29, 0.717) is 8.70 Å². The van der Waals surface area contributed by atoms with Gasteiger partial charge in [0.2, 0.25) is 0 Å². The minimum absolute atomic E-state index is 0.370. The Morgan fingerprint density at radius 1 is 1.60 bits per heavy atom. The maximum absolute atomic E-state index is 10.4. The number of carboxylic acid groups (broad SMARTS) is 1. The highest BCUT2D eigenvalue weighted by Crippen LogP contribution is 2.23. The van der Waals surface area contributed by atoms with Gasteiger partial charge in [-0.3, -0.25) is 0 Å². The van der Waals surface area contributed by atoms with Gasteiger partial charge < -0.3 is 5.11 Å². The fourth-order valence-electron chi connectivity index (χ4n) is 0.493. The van der Waals surface area contributed by atoms with Gasteiger partial charge in [0, 0.05) is 5.56 Å². The van der Waals surface area contributed by atoms with Crippen LogP contribution in [0.5, 0.6) is 0 Å². The smallest absolute Gasteiger partial charge is 0.347 e. The summed E-state index contributed by atoms with van der Waals surface area (Å²) in [6, 6.07) is 0. The Kier molecular flexibility index (Phi) is 2.18. The van der Waals surface area contributed by atoms with Crippen LogP contribution in [0, 0.1) is 10.7 Å². The molecule has 54 valence electrons. The van der Waals surface area contributed by atoms with E-state index in [9.17, 15) is 4.79 Å². The molecule has 5 heteroatoms. The van der Waals surface area contributed by atoms with Crippen molar-refractivity contribution in [2.75, 3.05) is 0 Å². The van der Waals surface area contributed by atoms with Gasteiger partial charge in [0.05, 0.1) is 0 Å². The lowest BCUT2D eigenvalue weighted by Gasteiger charge is -1.85. The van der Waals surface area contributed by atoms with E-state index in [1.807, 2.05) is 0 Å². The zero-order chi connectivity index (χ0) is 7.72. The second-order valence-corrected chi connectivity index (χ2v) is 4.53. The first-order valence-electron chi connectivity index (χ1n) is 2.46. The molecule has 1 rings (SSSR count). The van der Waals surface area contributed by atoms with Crippen LogP contribution in [0.4, 0.5) is 0 Å². The topological polar surface area (TPSA) is 37.3 Å². The van der Waals surface area contributed by atoms with Crippen molar-refractivity contribution in [2.45, 2.75) is 6.92 Å². The van der Waals surface area contributed by atoms with Crippen molar-refractivity contribution < 1.29 is 9.90 Å². The quantitative estimate of drug-likeness (QED) is 0.549. The van der Waals surface area contributed by atoms with Crippen LogP contribution in [0.15, 0.2) is 0 Å². The van der Waals surface area contributed by atoms with Crippen molar-refractivity contribution in [3.63, 3.8) is 0 Å². The Morgan fingerprint density at radius 3 is 2.40 bits per heavy atom. The molecule has 0 bridgehead atoms. The highest BCUT2D eigenvalue weighted by atomic mass is 32.9. The summed E-state index contributed by atoms with van der Waals surface area (Å²) in [7, 11) is 2.56. The standard InChI is InChI=1S/C5H4O2S3/c1-2-3(4(6)7)9-10-5(2)8/h1H3,(H,6,7). The third kappa shape index (κ3) is 1.25. The van der Waals surface area contributed by atoms with Gasteiger partial charge in [-0.25, -0.2) is 4.79 Å². The van der Waals surface area contributed by atoms with Gasteiger partial charge in [0.25, 0.3) is 0 Å². The van der Waals surface area contributed by atoms with Crippen molar-refractivity contribution in [3.05, 3.63) is 14.3 Å². The molecule has 1 aromatic heterocycles. The molecule has 0 aromatic carbocycles. The summed E-state index contributed by atoms with van der Waals surface area (Å²) in [5.41, 5.74) is 0.720. The number of carbonyl (C=O) groups is 1. The van der Waals surface area contributed by atoms with E-state index in [2.05, 4.69) is 0 Å². The molecule has 0 atom stereocenters. The predicted octanol–water partition coefficient (Wildman–Crippen LogP) is 2.55. The molecule has 1 heterocycles. The van der Waals surface area contributed by atoms with E-state index in [-0.39, 0.29) is 0 Å². The van der Waals surface area contributed by atoms with Gasteiger partial charge in [0.1, 0.15) is 8.70 Å². The fourth-order valence-corrected chi connectivity index (χ4v) is 3.16. The van der Waals surface area contributed by atoms with Gasteiger partial charge in [-0.1, -0.05) is 32.9 Å². The number of carboxylic acids is 1. The molecule has 0 amide bonds. The Hall–Kier alpha value is -0.260. The molecule has 2 nitrogen and oxygen atoms in total. The first-order valence-corrected chi connectivity index (χ1v) is 5.01. The normalized spacial score (nSPS) is 9.70. The Labute approximate surface area is 70.1 Å². The third-order valence-electron chi connectivity index (χ3n) is 1.04. The number of hydrogen-bond donors (Lipinski definition) is 1. The summed E-state index contributed by atoms with van der Waals surface area (Å²) < 4.78 is 0.683. The largest absolute Gasteiger partial charge is 0.477 e.